The molecule has 0 saturated heterocycles. The maximum Gasteiger partial charge on any atom is 0.131 e. The molecular formula is C16H26FNO3. The van der Waals surface area contributed by atoms with Crippen molar-refractivity contribution in [2.75, 3.05) is 40.1 Å². The van der Waals surface area contributed by atoms with Gasteiger partial charge in [0.2, 0.25) is 0 Å². The Kier molecular flexibility index (Phi) is 8.98. The van der Waals surface area contributed by atoms with E-state index in [1.807, 2.05) is 6.92 Å². The molecule has 21 heavy (non-hydrogen) atoms. The molecule has 0 aromatic heterocycles. The third-order valence-electron chi connectivity index (χ3n) is 3.07. The Bertz CT molecular complexity index is 401. The van der Waals surface area contributed by atoms with Crippen LogP contribution in [0.1, 0.15) is 31.9 Å². The summed E-state index contributed by atoms with van der Waals surface area (Å²) in [6, 6.07) is 4.98. The van der Waals surface area contributed by atoms with Gasteiger partial charge in [0.15, 0.2) is 0 Å². The largest absolute Gasteiger partial charge is 0.491 e. The molecule has 120 valence electrons. The van der Waals surface area contributed by atoms with E-state index in [4.69, 9.17) is 14.2 Å². The van der Waals surface area contributed by atoms with Crippen molar-refractivity contribution in [1.82, 2.24) is 5.32 Å². The topological polar surface area (TPSA) is 39.7 Å². The molecule has 0 saturated carbocycles. The highest BCUT2D eigenvalue weighted by Gasteiger charge is 2.11. The van der Waals surface area contributed by atoms with Crippen LogP contribution >= 0.6 is 0 Å². The Balaban J connectivity index is 2.39. The smallest absolute Gasteiger partial charge is 0.131 e. The van der Waals surface area contributed by atoms with E-state index in [2.05, 4.69) is 12.2 Å². The van der Waals surface area contributed by atoms with E-state index in [9.17, 15) is 4.39 Å². The van der Waals surface area contributed by atoms with Gasteiger partial charge >= 0.3 is 0 Å². The van der Waals surface area contributed by atoms with Gasteiger partial charge in [-0.3, -0.25) is 0 Å². The first-order chi connectivity index (χ1) is 10.2. The SMILES string of the molecule is CCCNC(C)c1ccc(OCCOCCOC)cc1F. The van der Waals surface area contributed by atoms with Crippen LogP contribution in [-0.4, -0.2) is 40.1 Å². The molecule has 0 heterocycles. The average Bonchev–Trinajstić information content (AvgIpc) is 2.48. The summed E-state index contributed by atoms with van der Waals surface area (Å²) >= 11 is 0. The summed E-state index contributed by atoms with van der Waals surface area (Å²) in [7, 11) is 1.63. The third kappa shape index (κ3) is 6.89. The first kappa shape index (κ1) is 17.9. The number of ether oxygens (including phenoxy) is 3. The third-order valence-corrected chi connectivity index (χ3v) is 3.07. The molecule has 5 heteroatoms. The predicted molar refractivity (Wildman–Crippen MR) is 81.3 cm³/mol. The van der Waals surface area contributed by atoms with E-state index in [-0.39, 0.29) is 11.9 Å². The number of hydrogen-bond acceptors (Lipinski definition) is 4. The Morgan fingerprint density at radius 2 is 1.95 bits per heavy atom. The molecule has 0 aliphatic carbocycles. The van der Waals surface area contributed by atoms with Crippen LogP contribution in [0.5, 0.6) is 5.75 Å². The molecule has 0 spiro atoms. The van der Waals surface area contributed by atoms with Crippen molar-refractivity contribution in [1.29, 1.82) is 0 Å². The highest BCUT2D eigenvalue weighted by Crippen LogP contribution is 2.21. The summed E-state index contributed by atoms with van der Waals surface area (Å²) in [6.45, 7) is 6.87. The quantitative estimate of drug-likeness (QED) is 0.638. The van der Waals surface area contributed by atoms with Crippen LogP contribution in [0.3, 0.4) is 0 Å². The Morgan fingerprint density at radius 1 is 1.19 bits per heavy atom. The van der Waals surface area contributed by atoms with E-state index in [0.29, 0.717) is 37.7 Å². The van der Waals surface area contributed by atoms with Gasteiger partial charge in [-0.05, 0) is 26.0 Å². The average molecular weight is 299 g/mol. The summed E-state index contributed by atoms with van der Waals surface area (Å²) in [5.41, 5.74) is 0.659. The molecule has 0 radical (unpaired) electrons. The highest BCUT2D eigenvalue weighted by atomic mass is 19.1. The minimum Gasteiger partial charge on any atom is -0.491 e. The molecule has 1 aromatic carbocycles. The predicted octanol–water partition coefficient (Wildman–Crippen LogP) is 2.93. The van der Waals surface area contributed by atoms with Gasteiger partial charge in [0.25, 0.3) is 0 Å². The van der Waals surface area contributed by atoms with Crippen LogP contribution in [-0.2, 0) is 9.47 Å². The van der Waals surface area contributed by atoms with Crippen molar-refractivity contribution in [2.24, 2.45) is 0 Å². The number of rotatable bonds is 11. The number of halogens is 1. The number of benzene rings is 1. The zero-order valence-corrected chi connectivity index (χ0v) is 13.2. The fourth-order valence-electron chi connectivity index (χ4n) is 1.88. The van der Waals surface area contributed by atoms with Gasteiger partial charge in [-0.1, -0.05) is 13.0 Å². The Morgan fingerprint density at radius 3 is 2.62 bits per heavy atom. The molecule has 1 rings (SSSR count). The van der Waals surface area contributed by atoms with Gasteiger partial charge in [-0.25, -0.2) is 4.39 Å². The van der Waals surface area contributed by atoms with E-state index in [1.165, 1.54) is 6.07 Å². The first-order valence-corrected chi connectivity index (χ1v) is 7.41. The molecule has 1 N–H and O–H groups in total. The van der Waals surface area contributed by atoms with Crippen LogP contribution in [0.25, 0.3) is 0 Å². The van der Waals surface area contributed by atoms with E-state index >= 15 is 0 Å². The zero-order valence-electron chi connectivity index (χ0n) is 13.2. The number of hydrogen-bond donors (Lipinski definition) is 1. The zero-order chi connectivity index (χ0) is 15.5. The lowest BCUT2D eigenvalue weighted by Crippen LogP contribution is -2.20. The van der Waals surface area contributed by atoms with Gasteiger partial charge in [-0.15, -0.1) is 0 Å². The van der Waals surface area contributed by atoms with Crippen molar-refractivity contribution < 1.29 is 18.6 Å². The highest BCUT2D eigenvalue weighted by molar-refractivity contribution is 5.30. The van der Waals surface area contributed by atoms with Crippen LogP contribution in [0.2, 0.25) is 0 Å². The van der Waals surface area contributed by atoms with Crippen LogP contribution < -0.4 is 10.1 Å². The molecule has 0 aliphatic rings. The maximum atomic E-state index is 14.0. The minimum absolute atomic E-state index is 0.00335. The molecule has 0 fully saturated rings. The van der Waals surface area contributed by atoms with E-state index in [0.717, 1.165) is 13.0 Å². The van der Waals surface area contributed by atoms with Gasteiger partial charge < -0.3 is 19.5 Å². The molecule has 4 nitrogen and oxygen atoms in total. The first-order valence-electron chi connectivity index (χ1n) is 7.41. The molecule has 1 atom stereocenters. The normalized spacial score (nSPS) is 12.4. The van der Waals surface area contributed by atoms with Crippen LogP contribution in [0.15, 0.2) is 18.2 Å². The summed E-state index contributed by atoms with van der Waals surface area (Å²) in [6.07, 6.45) is 1.02. The summed E-state index contributed by atoms with van der Waals surface area (Å²) < 4.78 is 29.6. The second-order valence-electron chi connectivity index (χ2n) is 4.81. The van der Waals surface area contributed by atoms with Crippen LogP contribution in [0, 0.1) is 5.82 Å². The molecule has 0 amide bonds. The van der Waals surface area contributed by atoms with Gasteiger partial charge in [0.1, 0.15) is 18.2 Å². The van der Waals surface area contributed by atoms with Crippen molar-refractivity contribution in [2.45, 2.75) is 26.3 Å². The minimum atomic E-state index is -0.246. The van der Waals surface area contributed by atoms with E-state index < -0.39 is 0 Å². The van der Waals surface area contributed by atoms with Gasteiger partial charge in [0, 0.05) is 24.8 Å². The molecule has 1 unspecified atom stereocenters. The Hall–Kier alpha value is -1.17. The number of nitrogens with one attached hydrogen (secondary N) is 1. The molecule has 1 aromatic rings. The lowest BCUT2D eigenvalue weighted by atomic mass is 10.1. The standard InChI is InChI=1S/C16H26FNO3/c1-4-7-18-13(2)15-6-5-14(12-16(15)17)21-11-10-20-9-8-19-3/h5-6,12-13,18H,4,7-11H2,1-3H3. The lowest BCUT2D eigenvalue weighted by molar-refractivity contribution is 0.0544. The lowest BCUT2D eigenvalue weighted by Gasteiger charge is -2.15. The monoisotopic (exact) mass is 299 g/mol. The summed E-state index contributed by atoms with van der Waals surface area (Å²) in [5.74, 6) is 0.276. The summed E-state index contributed by atoms with van der Waals surface area (Å²) in [5, 5.41) is 3.27. The molecule has 0 aliphatic heterocycles. The second-order valence-corrected chi connectivity index (χ2v) is 4.81. The van der Waals surface area contributed by atoms with Crippen molar-refractivity contribution in [3.05, 3.63) is 29.6 Å². The van der Waals surface area contributed by atoms with Crippen molar-refractivity contribution in [3.8, 4) is 5.75 Å². The second kappa shape index (κ2) is 10.5. The molecular weight excluding hydrogens is 273 g/mol. The van der Waals surface area contributed by atoms with Crippen molar-refractivity contribution in [3.63, 3.8) is 0 Å². The Labute approximate surface area is 126 Å². The van der Waals surface area contributed by atoms with Gasteiger partial charge in [0.05, 0.1) is 19.8 Å². The number of methoxy groups -OCH3 is 1. The fourth-order valence-corrected chi connectivity index (χ4v) is 1.88. The summed E-state index contributed by atoms with van der Waals surface area (Å²) in [4.78, 5) is 0. The van der Waals surface area contributed by atoms with Crippen molar-refractivity contribution >= 4 is 0 Å². The van der Waals surface area contributed by atoms with Crippen LogP contribution in [0.4, 0.5) is 4.39 Å². The fraction of sp³-hybridized carbons (Fsp3) is 0.625. The molecule has 0 bridgehead atoms. The van der Waals surface area contributed by atoms with E-state index in [1.54, 1.807) is 19.2 Å². The van der Waals surface area contributed by atoms with Gasteiger partial charge in [-0.2, -0.15) is 0 Å². The maximum absolute atomic E-state index is 14.0.